The standard InChI is InChI=1S/C25H31N7/c1-5-32-12-11-18-9-10-20(13-19(18)15-32)27-25-26-14-21-23(30-31(4)24(21)29-25)28-22-16(2)7-6-8-17(22)3/h6-10,13-14,25-27H,5,11-12,15H2,1-4H3,(H,28,30). The van der Waals surface area contributed by atoms with Crippen LogP contribution in [0.15, 0.2) is 41.4 Å². The van der Waals surface area contributed by atoms with Crippen LogP contribution in [0.25, 0.3) is 6.20 Å². The number of nitrogens with one attached hydrogen (secondary N) is 3. The van der Waals surface area contributed by atoms with Crippen molar-refractivity contribution in [1.82, 2.24) is 20.0 Å². The minimum atomic E-state index is -0.241. The van der Waals surface area contributed by atoms with Crippen molar-refractivity contribution in [2.45, 2.75) is 40.0 Å². The molecule has 1 atom stereocenters. The molecule has 32 heavy (non-hydrogen) atoms. The van der Waals surface area contributed by atoms with Gasteiger partial charge in [0.1, 0.15) is 0 Å². The molecule has 2 aromatic carbocycles. The molecule has 7 nitrogen and oxygen atoms in total. The molecule has 0 bridgehead atoms. The van der Waals surface area contributed by atoms with Gasteiger partial charge in [-0.3, -0.25) is 4.90 Å². The zero-order valence-corrected chi connectivity index (χ0v) is 19.2. The molecule has 3 N–H and O–H groups in total. The van der Waals surface area contributed by atoms with E-state index in [1.54, 1.807) is 0 Å². The van der Waals surface area contributed by atoms with Crippen molar-refractivity contribution in [3.8, 4) is 0 Å². The molecular weight excluding hydrogens is 398 g/mol. The van der Waals surface area contributed by atoms with Gasteiger partial charge in [0.2, 0.25) is 0 Å². The number of hydrogen-bond acceptors (Lipinski definition) is 6. The molecule has 0 fully saturated rings. The molecule has 3 aromatic rings. The number of anilines is 3. The van der Waals surface area contributed by atoms with Gasteiger partial charge >= 0.3 is 0 Å². The lowest BCUT2D eigenvalue weighted by atomic mass is 9.99. The lowest BCUT2D eigenvalue weighted by Gasteiger charge is -2.28. The molecule has 1 aromatic heterocycles. The summed E-state index contributed by atoms with van der Waals surface area (Å²) in [4.78, 5) is 7.37. The Balaban J connectivity index is 1.39. The fraction of sp³-hybridized carbons (Fsp3) is 0.360. The molecule has 2 aliphatic rings. The topological polar surface area (TPSA) is 69.5 Å². The number of rotatable bonds is 5. The van der Waals surface area contributed by atoms with E-state index in [1.165, 1.54) is 22.3 Å². The van der Waals surface area contributed by atoms with Gasteiger partial charge in [-0.2, -0.15) is 5.10 Å². The monoisotopic (exact) mass is 429 g/mol. The highest BCUT2D eigenvalue weighted by molar-refractivity contribution is 5.65. The molecule has 0 aliphatic carbocycles. The van der Waals surface area contributed by atoms with Crippen LogP contribution in [0.1, 0.15) is 29.2 Å². The van der Waals surface area contributed by atoms with Gasteiger partial charge in [0, 0.05) is 37.7 Å². The van der Waals surface area contributed by atoms with Crippen molar-refractivity contribution < 1.29 is 0 Å². The Morgan fingerprint density at radius 2 is 1.94 bits per heavy atom. The van der Waals surface area contributed by atoms with Crippen molar-refractivity contribution in [3.63, 3.8) is 0 Å². The average molecular weight is 430 g/mol. The molecule has 166 valence electrons. The second kappa shape index (κ2) is 8.31. The number of benzene rings is 2. The first-order valence-corrected chi connectivity index (χ1v) is 11.3. The van der Waals surface area contributed by atoms with E-state index in [4.69, 9.17) is 10.1 Å². The van der Waals surface area contributed by atoms with Crippen LogP contribution in [0.4, 0.5) is 17.2 Å². The van der Waals surface area contributed by atoms with Gasteiger partial charge in [0.25, 0.3) is 0 Å². The second-order valence-electron chi connectivity index (χ2n) is 8.69. The Kier molecular flexibility index (Phi) is 5.35. The zero-order valence-electron chi connectivity index (χ0n) is 19.2. The second-order valence-corrected chi connectivity index (χ2v) is 8.69. The van der Waals surface area contributed by atoms with Crippen LogP contribution < -0.4 is 26.7 Å². The SMILES string of the molecule is CCN1CCc2ccc(NC3N=c4c(c(Nc5c(C)cccc5C)nn4C)=CN3)cc2C1. The number of aromatic nitrogens is 2. The van der Waals surface area contributed by atoms with Crippen molar-refractivity contribution >= 4 is 23.4 Å². The largest absolute Gasteiger partial charge is 0.352 e. The van der Waals surface area contributed by atoms with E-state index in [1.807, 2.05) is 17.9 Å². The highest BCUT2D eigenvalue weighted by atomic mass is 15.4. The van der Waals surface area contributed by atoms with Gasteiger partial charge in [-0.05, 0) is 61.2 Å². The summed E-state index contributed by atoms with van der Waals surface area (Å²) in [6.45, 7) is 9.69. The molecule has 0 spiro atoms. The maximum absolute atomic E-state index is 4.89. The summed E-state index contributed by atoms with van der Waals surface area (Å²) in [7, 11) is 1.94. The first-order chi connectivity index (χ1) is 15.5. The molecule has 7 heteroatoms. The Bertz CT molecular complexity index is 1250. The van der Waals surface area contributed by atoms with Crippen LogP contribution in [-0.4, -0.2) is 34.1 Å². The van der Waals surface area contributed by atoms with Crippen LogP contribution in [0.5, 0.6) is 0 Å². The first-order valence-electron chi connectivity index (χ1n) is 11.3. The van der Waals surface area contributed by atoms with E-state index >= 15 is 0 Å². The third kappa shape index (κ3) is 3.84. The summed E-state index contributed by atoms with van der Waals surface area (Å²) in [6.07, 6.45) is 2.88. The molecule has 5 rings (SSSR count). The summed E-state index contributed by atoms with van der Waals surface area (Å²) in [6, 6.07) is 13.0. The molecular formula is C25H31N7. The summed E-state index contributed by atoms with van der Waals surface area (Å²) in [5.74, 6) is 0.808. The van der Waals surface area contributed by atoms with Gasteiger partial charge in [-0.15, -0.1) is 0 Å². The maximum Gasteiger partial charge on any atom is 0.196 e. The molecule has 2 aliphatic heterocycles. The number of nitrogens with zero attached hydrogens (tertiary/aromatic N) is 4. The highest BCUT2D eigenvalue weighted by Crippen LogP contribution is 2.23. The van der Waals surface area contributed by atoms with E-state index in [0.29, 0.717) is 0 Å². The van der Waals surface area contributed by atoms with Crippen molar-refractivity contribution in [1.29, 1.82) is 0 Å². The lowest BCUT2D eigenvalue weighted by molar-refractivity contribution is 0.268. The summed E-state index contributed by atoms with van der Waals surface area (Å²) >= 11 is 0. The van der Waals surface area contributed by atoms with Gasteiger partial charge in [-0.25, -0.2) is 9.67 Å². The first kappa shape index (κ1) is 20.6. The smallest absolute Gasteiger partial charge is 0.196 e. The maximum atomic E-state index is 4.89. The summed E-state index contributed by atoms with van der Waals surface area (Å²) in [5.41, 5.74) is 8.27. The fourth-order valence-corrected chi connectivity index (χ4v) is 4.57. The normalized spacial score (nSPS) is 17.4. The van der Waals surface area contributed by atoms with E-state index < -0.39 is 0 Å². The molecule has 0 saturated heterocycles. The number of fused-ring (bicyclic) bond motifs is 2. The Hall–Kier alpha value is -3.32. The van der Waals surface area contributed by atoms with Crippen molar-refractivity contribution in [3.05, 3.63) is 69.4 Å². The molecule has 0 saturated carbocycles. The van der Waals surface area contributed by atoms with Crippen molar-refractivity contribution in [2.24, 2.45) is 12.0 Å². The van der Waals surface area contributed by atoms with Crippen LogP contribution in [0, 0.1) is 13.8 Å². The zero-order chi connectivity index (χ0) is 22.2. The lowest BCUT2D eigenvalue weighted by Crippen LogP contribution is -2.44. The minimum Gasteiger partial charge on any atom is -0.352 e. The number of likely N-dealkylation sites (N-methyl/N-ethyl adjacent to an activating group) is 1. The van der Waals surface area contributed by atoms with Gasteiger partial charge in [0.05, 0.1) is 5.22 Å². The Labute approximate surface area is 188 Å². The molecule has 0 radical (unpaired) electrons. The third-order valence-corrected chi connectivity index (χ3v) is 6.46. The summed E-state index contributed by atoms with van der Waals surface area (Å²) < 4.78 is 1.84. The van der Waals surface area contributed by atoms with E-state index in [2.05, 4.69) is 78.0 Å². The Morgan fingerprint density at radius 3 is 2.72 bits per heavy atom. The summed E-state index contributed by atoms with van der Waals surface area (Å²) in [5, 5.41) is 16.1. The fourth-order valence-electron chi connectivity index (χ4n) is 4.57. The predicted octanol–water partition coefficient (Wildman–Crippen LogP) is 2.52. The highest BCUT2D eigenvalue weighted by Gasteiger charge is 2.18. The van der Waals surface area contributed by atoms with E-state index in [-0.39, 0.29) is 6.29 Å². The van der Waals surface area contributed by atoms with Gasteiger partial charge < -0.3 is 16.0 Å². The van der Waals surface area contributed by atoms with Crippen molar-refractivity contribution in [2.75, 3.05) is 23.7 Å². The van der Waals surface area contributed by atoms with E-state index in [0.717, 1.165) is 54.0 Å². The van der Waals surface area contributed by atoms with Crippen LogP contribution in [0.2, 0.25) is 0 Å². The third-order valence-electron chi connectivity index (χ3n) is 6.46. The minimum absolute atomic E-state index is 0.241. The van der Waals surface area contributed by atoms with Gasteiger partial charge in [-0.1, -0.05) is 31.2 Å². The number of aryl methyl sites for hydroxylation is 3. The molecule has 1 unspecified atom stereocenters. The van der Waals surface area contributed by atoms with E-state index in [9.17, 15) is 0 Å². The predicted molar refractivity (Wildman–Crippen MR) is 129 cm³/mol. The van der Waals surface area contributed by atoms with Crippen LogP contribution in [-0.2, 0) is 20.0 Å². The van der Waals surface area contributed by atoms with Gasteiger partial charge in [0.15, 0.2) is 17.6 Å². The quantitative estimate of drug-likeness (QED) is 0.582. The van der Waals surface area contributed by atoms with Crippen LogP contribution in [0.3, 0.4) is 0 Å². The average Bonchev–Trinajstić information content (AvgIpc) is 3.10. The molecule has 3 heterocycles. The number of para-hydroxylation sites is 1. The number of hydrogen-bond donors (Lipinski definition) is 3. The van der Waals surface area contributed by atoms with Crippen LogP contribution >= 0.6 is 0 Å². The molecule has 0 amide bonds. The Morgan fingerprint density at radius 1 is 1.12 bits per heavy atom.